The second-order valence-corrected chi connectivity index (χ2v) is 7.57. The molecule has 1 saturated heterocycles. The number of nitrogens with one attached hydrogen (secondary N) is 2. The van der Waals surface area contributed by atoms with Gasteiger partial charge in [0.05, 0.1) is 32.6 Å². The molecule has 1 aliphatic heterocycles. The van der Waals surface area contributed by atoms with E-state index in [9.17, 15) is 4.39 Å². The zero-order valence-corrected chi connectivity index (χ0v) is 18.7. The summed E-state index contributed by atoms with van der Waals surface area (Å²) in [5, 5.41) is 6.60. The highest BCUT2D eigenvalue weighted by Gasteiger charge is 2.15. The van der Waals surface area contributed by atoms with Crippen LogP contribution in [0.3, 0.4) is 0 Å². The van der Waals surface area contributed by atoms with Crippen LogP contribution in [0.2, 0.25) is 0 Å². The standard InChI is InChI=1S/C24H33FN4O2/c1-4-26-24(27-10-9-20-15-18(2)5-8-23(20)30-3)28-17-19-6-7-22(21(25)16-19)29-11-13-31-14-12-29/h5-8,15-16H,4,9-14,17H2,1-3H3,(H2,26,27,28). The summed E-state index contributed by atoms with van der Waals surface area (Å²) in [6.45, 7) is 8.69. The van der Waals surface area contributed by atoms with E-state index in [1.165, 1.54) is 5.56 Å². The lowest BCUT2D eigenvalue weighted by atomic mass is 10.1. The monoisotopic (exact) mass is 428 g/mol. The average molecular weight is 429 g/mol. The molecule has 0 saturated carbocycles. The van der Waals surface area contributed by atoms with E-state index in [-0.39, 0.29) is 5.82 Å². The zero-order valence-electron chi connectivity index (χ0n) is 18.7. The van der Waals surface area contributed by atoms with Crippen molar-refractivity contribution >= 4 is 11.6 Å². The lowest BCUT2D eigenvalue weighted by Crippen LogP contribution is -2.38. The van der Waals surface area contributed by atoms with Crippen molar-refractivity contribution in [3.8, 4) is 5.75 Å². The van der Waals surface area contributed by atoms with E-state index in [0.29, 0.717) is 44.5 Å². The number of hydrogen-bond acceptors (Lipinski definition) is 4. The molecule has 2 aromatic carbocycles. The highest BCUT2D eigenvalue weighted by atomic mass is 19.1. The van der Waals surface area contributed by atoms with E-state index in [2.05, 4.69) is 28.6 Å². The molecule has 0 amide bonds. The minimum absolute atomic E-state index is 0.209. The van der Waals surface area contributed by atoms with Gasteiger partial charge in [-0.3, -0.25) is 0 Å². The second kappa shape index (κ2) is 11.6. The summed E-state index contributed by atoms with van der Waals surface area (Å²) >= 11 is 0. The van der Waals surface area contributed by atoms with Crippen LogP contribution >= 0.6 is 0 Å². The lowest BCUT2D eigenvalue weighted by Gasteiger charge is -2.29. The Morgan fingerprint density at radius 1 is 1.16 bits per heavy atom. The van der Waals surface area contributed by atoms with Gasteiger partial charge >= 0.3 is 0 Å². The number of methoxy groups -OCH3 is 1. The van der Waals surface area contributed by atoms with Crippen LogP contribution in [0, 0.1) is 12.7 Å². The highest BCUT2D eigenvalue weighted by molar-refractivity contribution is 5.79. The van der Waals surface area contributed by atoms with Crippen molar-refractivity contribution < 1.29 is 13.9 Å². The molecule has 0 spiro atoms. The molecular formula is C24H33FN4O2. The Labute approximate surface area is 184 Å². The van der Waals surface area contributed by atoms with Gasteiger partial charge in [0.1, 0.15) is 11.6 Å². The summed E-state index contributed by atoms with van der Waals surface area (Å²) in [5.74, 6) is 1.40. The molecule has 0 unspecified atom stereocenters. The molecule has 2 aromatic rings. The topological polar surface area (TPSA) is 58.1 Å². The summed E-state index contributed by atoms with van der Waals surface area (Å²) in [7, 11) is 1.69. The van der Waals surface area contributed by atoms with E-state index >= 15 is 0 Å². The number of hydrogen-bond donors (Lipinski definition) is 2. The van der Waals surface area contributed by atoms with E-state index < -0.39 is 0 Å². The first-order valence-corrected chi connectivity index (χ1v) is 10.9. The van der Waals surface area contributed by atoms with Crippen molar-refractivity contribution in [3.63, 3.8) is 0 Å². The normalized spacial score (nSPS) is 14.5. The lowest BCUT2D eigenvalue weighted by molar-refractivity contribution is 0.122. The van der Waals surface area contributed by atoms with Crippen LogP contribution in [-0.2, 0) is 17.7 Å². The highest BCUT2D eigenvalue weighted by Crippen LogP contribution is 2.22. The van der Waals surface area contributed by atoms with Crippen LogP contribution in [-0.4, -0.2) is 52.5 Å². The number of nitrogens with zero attached hydrogens (tertiary/aromatic N) is 2. The fourth-order valence-electron chi connectivity index (χ4n) is 3.64. The Hall–Kier alpha value is -2.80. The average Bonchev–Trinajstić information content (AvgIpc) is 2.78. The maximum Gasteiger partial charge on any atom is 0.191 e. The van der Waals surface area contributed by atoms with Gasteiger partial charge in [-0.2, -0.15) is 0 Å². The Morgan fingerprint density at radius 3 is 2.68 bits per heavy atom. The summed E-state index contributed by atoms with van der Waals surface area (Å²) in [4.78, 5) is 6.65. The number of aryl methyl sites for hydroxylation is 1. The van der Waals surface area contributed by atoms with Crippen molar-refractivity contribution in [1.29, 1.82) is 0 Å². The number of anilines is 1. The molecule has 3 rings (SSSR count). The molecule has 0 radical (unpaired) electrons. The Balaban J connectivity index is 1.59. The molecule has 7 heteroatoms. The number of ether oxygens (including phenoxy) is 2. The Kier molecular flexibility index (Phi) is 8.53. The van der Waals surface area contributed by atoms with Crippen molar-refractivity contribution in [2.45, 2.75) is 26.8 Å². The first-order valence-electron chi connectivity index (χ1n) is 10.9. The molecule has 0 aromatic heterocycles. The smallest absolute Gasteiger partial charge is 0.191 e. The van der Waals surface area contributed by atoms with E-state index in [1.807, 2.05) is 36.1 Å². The number of rotatable bonds is 8. The summed E-state index contributed by atoms with van der Waals surface area (Å²) in [6.07, 6.45) is 0.818. The fourth-order valence-corrected chi connectivity index (χ4v) is 3.64. The predicted octanol–water partition coefficient (Wildman–Crippen LogP) is 3.28. The van der Waals surface area contributed by atoms with E-state index in [0.717, 1.165) is 36.4 Å². The van der Waals surface area contributed by atoms with Gasteiger partial charge in [0, 0.05) is 26.2 Å². The van der Waals surface area contributed by atoms with Gasteiger partial charge in [-0.15, -0.1) is 0 Å². The largest absolute Gasteiger partial charge is 0.496 e. The van der Waals surface area contributed by atoms with Gasteiger partial charge in [0.15, 0.2) is 5.96 Å². The third-order valence-corrected chi connectivity index (χ3v) is 5.25. The molecule has 168 valence electrons. The van der Waals surface area contributed by atoms with Crippen LogP contribution < -0.4 is 20.3 Å². The first kappa shape index (κ1) is 22.9. The van der Waals surface area contributed by atoms with Crippen LogP contribution in [0.4, 0.5) is 10.1 Å². The van der Waals surface area contributed by atoms with E-state index in [1.54, 1.807) is 13.2 Å². The van der Waals surface area contributed by atoms with Crippen molar-refractivity contribution in [3.05, 3.63) is 58.9 Å². The molecule has 1 aliphatic rings. The first-order chi connectivity index (χ1) is 15.1. The summed E-state index contributed by atoms with van der Waals surface area (Å²) < 4.78 is 25.4. The Morgan fingerprint density at radius 2 is 1.97 bits per heavy atom. The Bertz CT molecular complexity index is 882. The van der Waals surface area contributed by atoms with Crippen LogP contribution in [0.1, 0.15) is 23.6 Å². The van der Waals surface area contributed by atoms with Crippen LogP contribution in [0.15, 0.2) is 41.4 Å². The molecular weight excluding hydrogens is 395 g/mol. The van der Waals surface area contributed by atoms with Gasteiger partial charge in [0.2, 0.25) is 0 Å². The zero-order chi connectivity index (χ0) is 22.1. The van der Waals surface area contributed by atoms with Crippen LogP contribution in [0.5, 0.6) is 5.75 Å². The minimum atomic E-state index is -0.209. The number of benzene rings is 2. The molecule has 31 heavy (non-hydrogen) atoms. The number of morpholine rings is 1. The van der Waals surface area contributed by atoms with Crippen molar-refractivity contribution in [1.82, 2.24) is 10.6 Å². The minimum Gasteiger partial charge on any atom is -0.496 e. The quantitative estimate of drug-likeness (QED) is 0.499. The fraction of sp³-hybridized carbons (Fsp3) is 0.458. The predicted molar refractivity (Wildman–Crippen MR) is 124 cm³/mol. The van der Waals surface area contributed by atoms with Crippen molar-refractivity contribution in [2.24, 2.45) is 4.99 Å². The third kappa shape index (κ3) is 6.59. The van der Waals surface area contributed by atoms with Gasteiger partial charge in [-0.05, 0) is 49.6 Å². The van der Waals surface area contributed by atoms with Gasteiger partial charge in [0.25, 0.3) is 0 Å². The number of halogens is 1. The molecule has 2 N–H and O–H groups in total. The molecule has 6 nitrogen and oxygen atoms in total. The van der Waals surface area contributed by atoms with Gasteiger partial charge in [-0.25, -0.2) is 9.38 Å². The second-order valence-electron chi connectivity index (χ2n) is 7.57. The maximum absolute atomic E-state index is 14.6. The molecule has 0 atom stereocenters. The maximum atomic E-state index is 14.6. The van der Waals surface area contributed by atoms with Gasteiger partial charge < -0.3 is 25.0 Å². The molecule has 1 fully saturated rings. The third-order valence-electron chi connectivity index (χ3n) is 5.25. The van der Waals surface area contributed by atoms with Crippen LogP contribution in [0.25, 0.3) is 0 Å². The molecule has 1 heterocycles. The molecule has 0 bridgehead atoms. The SMILES string of the molecule is CCNC(=NCc1ccc(N2CCOCC2)c(F)c1)NCCc1cc(C)ccc1OC. The summed E-state index contributed by atoms with van der Waals surface area (Å²) in [6, 6.07) is 11.6. The van der Waals surface area contributed by atoms with E-state index in [4.69, 9.17) is 9.47 Å². The van der Waals surface area contributed by atoms with Gasteiger partial charge in [-0.1, -0.05) is 23.8 Å². The number of aliphatic imine (C=N–C) groups is 1. The van der Waals surface area contributed by atoms with Crippen molar-refractivity contribution in [2.75, 3.05) is 51.4 Å². The molecule has 0 aliphatic carbocycles. The summed E-state index contributed by atoms with van der Waals surface area (Å²) in [5.41, 5.74) is 3.84. The number of guanidine groups is 1.